The second-order valence-electron chi connectivity index (χ2n) is 10.1. The van der Waals surface area contributed by atoms with Crippen molar-refractivity contribution < 1.29 is 33.8 Å². The van der Waals surface area contributed by atoms with Gasteiger partial charge in [-0.1, -0.05) is 12.1 Å². The summed E-state index contributed by atoms with van der Waals surface area (Å²) in [5.74, 6) is -2.21. The number of carbonyl (C=O) groups excluding carboxylic acids is 3. The Labute approximate surface area is 193 Å². The molecule has 2 saturated heterocycles. The molecule has 1 N–H and O–H groups in total. The van der Waals surface area contributed by atoms with Crippen molar-refractivity contribution in [3.8, 4) is 5.75 Å². The van der Waals surface area contributed by atoms with Crippen molar-refractivity contribution in [3.63, 3.8) is 0 Å². The highest BCUT2D eigenvalue weighted by molar-refractivity contribution is 6.23. The van der Waals surface area contributed by atoms with Crippen LogP contribution in [0, 0.1) is 10.8 Å². The number of carboxylic acid groups (broad SMARTS) is 1. The van der Waals surface area contributed by atoms with Gasteiger partial charge in [0.1, 0.15) is 11.4 Å². The molecule has 9 heteroatoms. The SMILES string of the molecule is COc1ccc(CN2CC3(CCCN(C(=O)OC(C)(C)C)C3)C(=O)C(C)(C(=O)O)C2=O)cc1. The molecule has 0 saturated carbocycles. The summed E-state index contributed by atoms with van der Waals surface area (Å²) in [6.45, 7) is 7.05. The highest BCUT2D eigenvalue weighted by Gasteiger charge is 2.63. The van der Waals surface area contributed by atoms with Gasteiger partial charge in [-0.05, 0) is 58.2 Å². The number of carboxylic acids is 1. The molecule has 2 fully saturated rings. The Balaban J connectivity index is 1.94. The van der Waals surface area contributed by atoms with E-state index in [1.54, 1.807) is 52.1 Å². The summed E-state index contributed by atoms with van der Waals surface area (Å²) < 4.78 is 10.6. The highest BCUT2D eigenvalue weighted by Crippen LogP contribution is 2.44. The van der Waals surface area contributed by atoms with Gasteiger partial charge >= 0.3 is 12.1 Å². The van der Waals surface area contributed by atoms with E-state index in [1.807, 2.05) is 0 Å². The lowest BCUT2D eigenvalue weighted by molar-refractivity contribution is -0.176. The maximum absolute atomic E-state index is 13.6. The molecule has 0 bridgehead atoms. The number of ether oxygens (including phenoxy) is 2. The first-order valence-electron chi connectivity index (χ1n) is 11.0. The summed E-state index contributed by atoms with van der Waals surface area (Å²) in [6.07, 6.45) is 0.344. The molecule has 0 aliphatic carbocycles. The van der Waals surface area contributed by atoms with Gasteiger partial charge in [-0.25, -0.2) is 4.79 Å². The fraction of sp³-hybridized carbons (Fsp3) is 0.583. The number of amides is 2. The first-order valence-corrected chi connectivity index (χ1v) is 11.0. The molecule has 2 heterocycles. The normalized spacial score (nSPS) is 25.8. The van der Waals surface area contributed by atoms with Gasteiger partial charge in [0.05, 0.1) is 12.5 Å². The second kappa shape index (κ2) is 8.68. The summed E-state index contributed by atoms with van der Waals surface area (Å²) in [6, 6.07) is 7.10. The van der Waals surface area contributed by atoms with Crippen LogP contribution in [0.3, 0.4) is 0 Å². The largest absolute Gasteiger partial charge is 0.497 e. The first-order chi connectivity index (χ1) is 15.3. The number of likely N-dealkylation sites (tertiary alicyclic amines) is 2. The number of aliphatic carboxylic acids is 1. The quantitative estimate of drug-likeness (QED) is 0.687. The van der Waals surface area contributed by atoms with Crippen LogP contribution < -0.4 is 4.74 Å². The molecule has 1 aromatic rings. The number of ketones is 1. The van der Waals surface area contributed by atoms with Crippen LogP contribution in [0.4, 0.5) is 4.79 Å². The van der Waals surface area contributed by atoms with E-state index >= 15 is 0 Å². The van der Waals surface area contributed by atoms with E-state index in [2.05, 4.69) is 0 Å². The minimum absolute atomic E-state index is 0.00993. The van der Waals surface area contributed by atoms with Gasteiger partial charge in [0, 0.05) is 26.2 Å². The van der Waals surface area contributed by atoms with E-state index in [4.69, 9.17) is 9.47 Å². The lowest BCUT2D eigenvalue weighted by Gasteiger charge is -2.50. The molecular formula is C24H32N2O7. The molecule has 1 aromatic carbocycles. The maximum Gasteiger partial charge on any atom is 0.410 e. The summed E-state index contributed by atoms with van der Waals surface area (Å²) in [4.78, 5) is 54.7. The third kappa shape index (κ3) is 4.67. The number of methoxy groups -OCH3 is 1. The molecule has 2 aliphatic rings. The molecule has 2 atom stereocenters. The zero-order chi connectivity index (χ0) is 24.6. The molecule has 2 amide bonds. The Morgan fingerprint density at radius 1 is 1.12 bits per heavy atom. The predicted molar refractivity (Wildman–Crippen MR) is 119 cm³/mol. The zero-order valence-electron chi connectivity index (χ0n) is 19.8. The Hall–Kier alpha value is -3.10. The number of hydrogen-bond donors (Lipinski definition) is 1. The molecule has 0 aromatic heterocycles. The van der Waals surface area contributed by atoms with Crippen LogP contribution in [0.1, 0.15) is 46.1 Å². The minimum Gasteiger partial charge on any atom is -0.497 e. The molecule has 33 heavy (non-hydrogen) atoms. The fourth-order valence-corrected chi connectivity index (χ4v) is 4.65. The summed E-state index contributed by atoms with van der Waals surface area (Å²) in [7, 11) is 1.55. The topological polar surface area (TPSA) is 113 Å². The number of benzene rings is 1. The Kier molecular flexibility index (Phi) is 6.46. The zero-order valence-corrected chi connectivity index (χ0v) is 19.8. The van der Waals surface area contributed by atoms with Gasteiger partial charge in [0.2, 0.25) is 11.3 Å². The second-order valence-corrected chi connectivity index (χ2v) is 10.1. The van der Waals surface area contributed by atoms with Crippen LogP contribution >= 0.6 is 0 Å². The fourth-order valence-electron chi connectivity index (χ4n) is 4.65. The smallest absolute Gasteiger partial charge is 0.410 e. The third-order valence-electron chi connectivity index (χ3n) is 6.33. The Bertz CT molecular complexity index is 953. The van der Waals surface area contributed by atoms with Crippen molar-refractivity contribution in [2.24, 2.45) is 10.8 Å². The van der Waals surface area contributed by atoms with Gasteiger partial charge in [-0.2, -0.15) is 0 Å². The van der Waals surface area contributed by atoms with E-state index in [1.165, 1.54) is 16.7 Å². The van der Waals surface area contributed by atoms with Crippen LogP contribution in [-0.4, -0.2) is 71.0 Å². The average molecular weight is 461 g/mol. The van der Waals surface area contributed by atoms with Gasteiger partial charge in [-0.15, -0.1) is 0 Å². The van der Waals surface area contributed by atoms with E-state index in [9.17, 15) is 24.3 Å². The molecule has 3 rings (SSSR count). The van der Waals surface area contributed by atoms with Gasteiger partial charge < -0.3 is 24.4 Å². The number of carbonyl (C=O) groups is 4. The van der Waals surface area contributed by atoms with Crippen LogP contribution in [0.15, 0.2) is 24.3 Å². The average Bonchev–Trinajstić information content (AvgIpc) is 2.75. The summed E-state index contributed by atoms with van der Waals surface area (Å²) in [5.41, 5.74) is -3.32. The first kappa shape index (κ1) is 24.5. The molecule has 2 unspecified atom stereocenters. The summed E-state index contributed by atoms with van der Waals surface area (Å²) >= 11 is 0. The maximum atomic E-state index is 13.6. The minimum atomic E-state index is -2.22. The Morgan fingerprint density at radius 3 is 2.30 bits per heavy atom. The number of piperidine rings is 2. The van der Waals surface area contributed by atoms with Crippen molar-refractivity contribution in [3.05, 3.63) is 29.8 Å². The van der Waals surface area contributed by atoms with E-state index < -0.39 is 40.2 Å². The predicted octanol–water partition coefficient (Wildman–Crippen LogP) is 2.71. The Morgan fingerprint density at radius 2 is 1.76 bits per heavy atom. The molecule has 2 aliphatic heterocycles. The molecular weight excluding hydrogens is 428 g/mol. The van der Waals surface area contributed by atoms with Gasteiger partial charge in [-0.3, -0.25) is 14.4 Å². The summed E-state index contributed by atoms with van der Waals surface area (Å²) in [5, 5.41) is 9.94. The van der Waals surface area contributed by atoms with Crippen LogP contribution in [-0.2, 0) is 25.7 Å². The van der Waals surface area contributed by atoms with E-state index in [0.717, 1.165) is 5.56 Å². The highest BCUT2D eigenvalue weighted by atomic mass is 16.6. The lowest BCUT2D eigenvalue weighted by atomic mass is 9.63. The lowest BCUT2D eigenvalue weighted by Crippen LogP contribution is -2.68. The molecule has 180 valence electrons. The van der Waals surface area contributed by atoms with E-state index in [-0.39, 0.29) is 19.6 Å². The van der Waals surface area contributed by atoms with Crippen molar-refractivity contribution >= 4 is 23.8 Å². The van der Waals surface area contributed by atoms with Gasteiger partial charge in [0.25, 0.3) is 0 Å². The number of hydrogen-bond acceptors (Lipinski definition) is 6. The van der Waals surface area contributed by atoms with Gasteiger partial charge in [0.15, 0.2) is 5.78 Å². The standard InChI is InChI=1S/C24H32N2O7/c1-22(2,3)33-21(31)25-12-6-11-24(14-25)15-26(13-16-7-9-17(32-5)10-8-16)19(28)23(4,18(24)27)20(29)30/h7-10H,6,11-15H2,1-5H3,(H,29,30). The number of nitrogens with zero attached hydrogens (tertiary/aromatic N) is 2. The van der Waals surface area contributed by atoms with Crippen LogP contribution in [0.2, 0.25) is 0 Å². The number of Topliss-reactive ketones (excluding diaryl/α,β-unsaturated/α-hetero) is 1. The van der Waals surface area contributed by atoms with Crippen molar-refractivity contribution in [1.29, 1.82) is 0 Å². The van der Waals surface area contributed by atoms with Crippen LogP contribution in [0.25, 0.3) is 0 Å². The molecule has 1 spiro atoms. The van der Waals surface area contributed by atoms with E-state index in [0.29, 0.717) is 25.1 Å². The van der Waals surface area contributed by atoms with Crippen molar-refractivity contribution in [1.82, 2.24) is 9.80 Å². The third-order valence-corrected chi connectivity index (χ3v) is 6.33. The molecule has 9 nitrogen and oxygen atoms in total. The number of rotatable bonds is 4. The van der Waals surface area contributed by atoms with Crippen molar-refractivity contribution in [2.75, 3.05) is 26.7 Å². The molecule has 0 radical (unpaired) electrons. The monoisotopic (exact) mass is 460 g/mol. The van der Waals surface area contributed by atoms with Crippen LogP contribution in [0.5, 0.6) is 5.75 Å². The van der Waals surface area contributed by atoms with Crippen molar-refractivity contribution in [2.45, 2.75) is 52.7 Å².